The fourth-order valence-corrected chi connectivity index (χ4v) is 1.57. The van der Waals surface area contributed by atoms with E-state index in [0.717, 1.165) is 0 Å². The first kappa shape index (κ1) is 18.5. The molecular formula is C15H23FN2O4. The van der Waals surface area contributed by atoms with Gasteiger partial charge in [0.25, 0.3) is 5.91 Å². The Morgan fingerprint density at radius 3 is 2.09 bits per heavy atom. The maximum atomic E-state index is 12.7. The predicted molar refractivity (Wildman–Crippen MR) is 80.2 cm³/mol. The Morgan fingerprint density at radius 1 is 0.955 bits per heavy atom. The van der Waals surface area contributed by atoms with Crippen LogP contribution in [0.4, 0.5) is 4.39 Å². The average Bonchev–Trinajstić information content (AvgIpc) is 2.53. The van der Waals surface area contributed by atoms with E-state index >= 15 is 0 Å². The lowest BCUT2D eigenvalue weighted by Gasteiger charge is -2.07. The predicted octanol–water partition coefficient (Wildman–Crippen LogP) is 0.564. The summed E-state index contributed by atoms with van der Waals surface area (Å²) >= 11 is 0. The molecule has 0 bridgehead atoms. The van der Waals surface area contributed by atoms with Gasteiger partial charge in [-0.05, 0) is 24.3 Å². The molecule has 0 radical (unpaired) electrons. The van der Waals surface area contributed by atoms with Crippen LogP contribution in [-0.2, 0) is 14.2 Å². The number of nitrogens with one attached hydrogen (secondary N) is 1. The van der Waals surface area contributed by atoms with E-state index in [2.05, 4.69) is 5.32 Å². The van der Waals surface area contributed by atoms with Crippen molar-refractivity contribution in [2.24, 2.45) is 5.73 Å². The highest BCUT2D eigenvalue weighted by Crippen LogP contribution is 2.01. The number of ether oxygens (including phenoxy) is 3. The molecule has 3 N–H and O–H groups in total. The van der Waals surface area contributed by atoms with Gasteiger partial charge in [-0.2, -0.15) is 0 Å². The standard InChI is InChI=1S/C15H23FN2O4/c16-14-3-1-13(2-4-14)15(19)18-6-8-21-10-12-22-11-9-20-7-5-17/h1-4H,5-12,17H2,(H,18,19). The van der Waals surface area contributed by atoms with Crippen molar-refractivity contribution in [3.8, 4) is 0 Å². The van der Waals surface area contributed by atoms with Crippen LogP contribution >= 0.6 is 0 Å². The van der Waals surface area contributed by atoms with E-state index in [4.69, 9.17) is 19.9 Å². The number of nitrogens with two attached hydrogens (primary N) is 1. The lowest BCUT2D eigenvalue weighted by Crippen LogP contribution is -2.27. The largest absolute Gasteiger partial charge is 0.378 e. The number of carbonyl (C=O) groups is 1. The Morgan fingerprint density at radius 2 is 1.50 bits per heavy atom. The van der Waals surface area contributed by atoms with Crippen molar-refractivity contribution in [2.45, 2.75) is 0 Å². The number of amides is 1. The van der Waals surface area contributed by atoms with Gasteiger partial charge in [0.1, 0.15) is 5.82 Å². The van der Waals surface area contributed by atoms with Gasteiger partial charge in [-0.15, -0.1) is 0 Å². The van der Waals surface area contributed by atoms with Crippen LogP contribution in [0.25, 0.3) is 0 Å². The van der Waals surface area contributed by atoms with Gasteiger partial charge in [0, 0.05) is 18.7 Å². The average molecular weight is 314 g/mol. The first-order chi connectivity index (χ1) is 10.7. The summed E-state index contributed by atoms with van der Waals surface area (Å²) in [5.41, 5.74) is 5.69. The van der Waals surface area contributed by atoms with Gasteiger partial charge in [-0.3, -0.25) is 4.79 Å². The van der Waals surface area contributed by atoms with Crippen LogP contribution in [0.2, 0.25) is 0 Å². The number of carbonyl (C=O) groups excluding carboxylic acids is 1. The van der Waals surface area contributed by atoms with Crippen LogP contribution in [-0.4, -0.2) is 58.6 Å². The van der Waals surface area contributed by atoms with Crippen molar-refractivity contribution >= 4 is 5.91 Å². The van der Waals surface area contributed by atoms with Gasteiger partial charge in [-0.1, -0.05) is 0 Å². The molecule has 7 heteroatoms. The summed E-state index contributed by atoms with van der Waals surface area (Å²) in [5.74, 6) is -0.620. The second kappa shape index (κ2) is 12.0. The zero-order chi connectivity index (χ0) is 16.0. The Hall–Kier alpha value is -1.54. The molecule has 0 unspecified atom stereocenters. The van der Waals surface area contributed by atoms with Crippen LogP contribution in [0.15, 0.2) is 24.3 Å². The van der Waals surface area contributed by atoms with Gasteiger partial charge in [0.05, 0.1) is 39.6 Å². The van der Waals surface area contributed by atoms with E-state index in [-0.39, 0.29) is 11.7 Å². The minimum absolute atomic E-state index is 0.253. The lowest BCUT2D eigenvalue weighted by molar-refractivity contribution is 0.0166. The van der Waals surface area contributed by atoms with E-state index in [1.54, 1.807) is 0 Å². The van der Waals surface area contributed by atoms with Crippen molar-refractivity contribution in [2.75, 3.05) is 52.7 Å². The van der Waals surface area contributed by atoms with E-state index in [0.29, 0.717) is 58.3 Å². The molecule has 0 saturated heterocycles. The van der Waals surface area contributed by atoms with E-state index in [1.807, 2.05) is 0 Å². The second-order valence-corrected chi connectivity index (χ2v) is 4.39. The monoisotopic (exact) mass is 314 g/mol. The Labute approximate surface area is 129 Å². The molecule has 0 aromatic heterocycles. The summed E-state index contributed by atoms with van der Waals surface area (Å²) in [5, 5.41) is 2.68. The molecule has 0 atom stereocenters. The minimum atomic E-state index is -0.367. The van der Waals surface area contributed by atoms with Gasteiger partial charge in [0.2, 0.25) is 0 Å². The molecule has 124 valence electrons. The fourth-order valence-electron chi connectivity index (χ4n) is 1.57. The summed E-state index contributed by atoms with van der Waals surface area (Å²) in [7, 11) is 0. The van der Waals surface area contributed by atoms with E-state index in [1.165, 1.54) is 24.3 Å². The molecule has 0 aliphatic heterocycles. The van der Waals surface area contributed by atoms with E-state index in [9.17, 15) is 9.18 Å². The summed E-state index contributed by atoms with van der Waals surface area (Å²) < 4.78 is 28.4. The molecular weight excluding hydrogens is 291 g/mol. The number of hydrogen-bond acceptors (Lipinski definition) is 5. The van der Waals surface area contributed by atoms with Crippen LogP contribution in [0.3, 0.4) is 0 Å². The topological polar surface area (TPSA) is 82.8 Å². The molecule has 0 spiro atoms. The van der Waals surface area contributed by atoms with Gasteiger partial charge in [-0.25, -0.2) is 4.39 Å². The summed E-state index contributed by atoms with van der Waals surface area (Å²) in [6, 6.07) is 5.37. The Kier molecular flexibility index (Phi) is 10.1. The molecule has 0 fully saturated rings. The molecule has 22 heavy (non-hydrogen) atoms. The van der Waals surface area contributed by atoms with Crippen molar-refractivity contribution in [3.63, 3.8) is 0 Å². The van der Waals surface area contributed by atoms with E-state index < -0.39 is 0 Å². The fraction of sp³-hybridized carbons (Fsp3) is 0.533. The summed E-state index contributed by atoms with van der Waals surface area (Å²) in [6.07, 6.45) is 0. The maximum Gasteiger partial charge on any atom is 0.251 e. The number of halogens is 1. The first-order valence-electron chi connectivity index (χ1n) is 7.21. The molecule has 1 rings (SSSR count). The van der Waals surface area contributed by atoms with Crippen molar-refractivity contribution < 1.29 is 23.4 Å². The quantitative estimate of drug-likeness (QED) is 0.551. The Balaban J connectivity index is 1.93. The van der Waals surface area contributed by atoms with Crippen molar-refractivity contribution in [3.05, 3.63) is 35.6 Å². The van der Waals surface area contributed by atoms with Crippen LogP contribution < -0.4 is 11.1 Å². The third kappa shape index (κ3) is 8.68. The zero-order valence-corrected chi connectivity index (χ0v) is 12.6. The molecule has 6 nitrogen and oxygen atoms in total. The van der Waals surface area contributed by atoms with Gasteiger partial charge in [0.15, 0.2) is 0 Å². The highest BCUT2D eigenvalue weighted by molar-refractivity contribution is 5.94. The molecule has 0 saturated carbocycles. The van der Waals surface area contributed by atoms with Gasteiger partial charge < -0.3 is 25.3 Å². The molecule has 1 aromatic rings. The molecule has 1 aromatic carbocycles. The lowest BCUT2D eigenvalue weighted by atomic mass is 10.2. The second-order valence-electron chi connectivity index (χ2n) is 4.39. The zero-order valence-electron chi connectivity index (χ0n) is 12.6. The minimum Gasteiger partial charge on any atom is -0.378 e. The third-order valence-electron chi connectivity index (χ3n) is 2.64. The maximum absolute atomic E-state index is 12.7. The highest BCUT2D eigenvalue weighted by atomic mass is 19.1. The summed E-state index contributed by atoms with van der Waals surface area (Å²) in [4.78, 5) is 11.7. The number of rotatable bonds is 12. The van der Waals surface area contributed by atoms with Crippen molar-refractivity contribution in [1.29, 1.82) is 0 Å². The van der Waals surface area contributed by atoms with Crippen LogP contribution in [0, 0.1) is 5.82 Å². The normalized spacial score (nSPS) is 10.6. The summed E-state index contributed by atoms with van der Waals surface area (Å²) in [6.45, 7) is 3.76. The third-order valence-corrected chi connectivity index (χ3v) is 2.64. The van der Waals surface area contributed by atoms with Gasteiger partial charge >= 0.3 is 0 Å². The highest BCUT2D eigenvalue weighted by Gasteiger charge is 2.04. The Bertz CT molecular complexity index is 415. The number of benzene rings is 1. The molecule has 1 amide bonds. The number of hydrogen-bond donors (Lipinski definition) is 2. The smallest absolute Gasteiger partial charge is 0.251 e. The van der Waals surface area contributed by atoms with Crippen molar-refractivity contribution in [1.82, 2.24) is 5.32 Å². The van der Waals surface area contributed by atoms with Crippen LogP contribution in [0.5, 0.6) is 0 Å². The van der Waals surface area contributed by atoms with Crippen LogP contribution in [0.1, 0.15) is 10.4 Å². The SMILES string of the molecule is NCCOCCOCCOCCNC(=O)c1ccc(F)cc1. The molecule has 0 aliphatic rings. The first-order valence-corrected chi connectivity index (χ1v) is 7.21. The molecule has 0 aliphatic carbocycles. The molecule has 0 heterocycles.